The molecule has 2 fully saturated rings. The summed E-state index contributed by atoms with van der Waals surface area (Å²) in [5, 5.41) is 4.09. The van der Waals surface area contributed by atoms with Gasteiger partial charge >= 0.3 is 0 Å². The molecule has 0 aliphatic carbocycles. The summed E-state index contributed by atoms with van der Waals surface area (Å²) in [5.74, 6) is 0. The molecule has 20 heavy (non-hydrogen) atoms. The van der Waals surface area contributed by atoms with Gasteiger partial charge in [-0.05, 0) is 57.1 Å². The van der Waals surface area contributed by atoms with Crippen molar-refractivity contribution in [2.45, 2.75) is 31.8 Å². The molecular formula is C16H24ClN3. The Bertz CT molecular complexity index is 457. The maximum absolute atomic E-state index is 6.20. The Morgan fingerprint density at radius 2 is 2.05 bits per heavy atom. The summed E-state index contributed by atoms with van der Waals surface area (Å²) in [5.41, 5.74) is 2.66. The molecule has 1 aromatic carbocycles. The van der Waals surface area contributed by atoms with Crippen LogP contribution in [0.15, 0.2) is 18.2 Å². The third-order valence-electron chi connectivity index (χ3n) is 4.58. The van der Waals surface area contributed by atoms with Crippen molar-refractivity contribution in [2.24, 2.45) is 0 Å². The van der Waals surface area contributed by atoms with E-state index < -0.39 is 0 Å². The largest absolute Gasteiger partial charge is 0.370 e. The normalized spacial score (nSPS) is 23.7. The highest BCUT2D eigenvalue weighted by molar-refractivity contribution is 6.30. The van der Waals surface area contributed by atoms with Crippen LogP contribution >= 0.6 is 11.6 Å². The first-order chi connectivity index (χ1) is 9.78. The maximum atomic E-state index is 6.20. The van der Waals surface area contributed by atoms with Crippen LogP contribution in [-0.2, 0) is 6.54 Å². The fraction of sp³-hybridized carbons (Fsp3) is 0.625. The highest BCUT2D eigenvalue weighted by atomic mass is 35.5. The first-order valence-electron chi connectivity index (χ1n) is 7.70. The molecule has 3 nitrogen and oxygen atoms in total. The number of anilines is 1. The van der Waals surface area contributed by atoms with Gasteiger partial charge in [0.15, 0.2) is 0 Å². The fourth-order valence-electron chi connectivity index (χ4n) is 3.54. The van der Waals surface area contributed by atoms with Crippen molar-refractivity contribution in [3.05, 3.63) is 28.8 Å². The van der Waals surface area contributed by atoms with Crippen molar-refractivity contribution in [1.82, 2.24) is 10.2 Å². The predicted molar refractivity (Wildman–Crippen MR) is 85.6 cm³/mol. The third kappa shape index (κ3) is 2.95. The summed E-state index contributed by atoms with van der Waals surface area (Å²) < 4.78 is 0. The molecule has 0 spiro atoms. The minimum Gasteiger partial charge on any atom is -0.370 e. The van der Waals surface area contributed by atoms with E-state index in [0.717, 1.165) is 30.7 Å². The topological polar surface area (TPSA) is 18.5 Å². The summed E-state index contributed by atoms with van der Waals surface area (Å²) >= 11 is 6.20. The van der Waals surface area contributed by atoms with Crippen molar-refractivity contribution in [3.63, 3.8) is 0 Å². The van der Waals surface area contributed by atoms with Gasteiger partial charge in [0, 0.05) is 36.4 Å². The number of likely N-dealkylation sites (tertiary alicyclic amines) is 1. The van der Waals surface area contributed by atoms with E-state index in [2.05, 4.69) is 27.2 Å². The molecule has 2 aliphatic heterocycles. The Hall–Kier alpha value is -0.770. The molecule has 1 unspecified atom stereocenters. The second kappa shape index (κ2) is 6.33. The van der Waals surface area contributed by atoms with Gasteiger partial charge in [-0.15, -0.1) is 0 Å². The van der Waals surface area contributed by atoms with Gasteiger partial charge in [-0.2, -0.15) is 0 Å². The molecule has 2 aliphatic rings. The minimum atomic E-state index is 0.735. The number of hydrogen-bond acceptors (Lipinski definition) is 3. The summed E-state index contributed by atoms with van der Waals surface area (Å²) in [6, 6.07) is 7.00. The lowest BCUT2D eigenvalue weighted by atomic mass is 10.1. The van der Waals surface area contributed by atoms with E-state index >= 15 is 0 Å². The molecule has 1 aromatic rings. The Balaban J connectivity index is 1.74. The zero-order chi connectivity index (χ0) is 13.9. The number of benzene rings is 1. The fourth-order valence-corrected chi connectivity index (χ4v) is 3.70. The maximum Gasteiger partial charge on any atom is 0.0427 e. The van der Waals surface area contributed by atoms with Gasteiger partial charge in [-0.25, -0.2) is 0 Å². The molecule has 1 N–H and O–H groups in total. The van der Waals surface area contributed by atoms with E-state index in [9.17, 15) is 0 Å². The molecular weight excluding hydrogens is 270 g/mol. The van der Waals surface area contributed by atoms with Crippen LogP contribution in [0.4, 0.5) is 5.69 Å². The van der Waals surface area contributed by atoms with Crippen LogP contribution in [0.1, 0.15) is 24.8 Å². The van der Waals surface area contributed by atoms with Crippen molar-refractivity contribution in [2.75, 3.05) is 38.1 Å². The molecule has 3 rings (SSSR count). The number of nitrogens with zero attached hydrogens (tertiary/aromatic N) is 2. The van der Waals surface area contributed by atoms with Gasteiger partial charge in [-0.3, -0.25) is 4.90 Å². The van der Waals surface area contributed by atoms with E-state index in [1.807, 2.05) is 13.1 Å². The molecule has 0 saturated carbocycles. The highest BCUT2D eigenvalue weighted by Crippen LogP contribution is 2.30. The predicted octanol–water partition coefficient (Wildman–Crippen LogP) is 2.73. The molecule has 0 aromatic heterocycles. The monoisotopic (exact) mass is 293 g/mol. The third-order valence-corrected chi connectivity index (χ3v) is 4.81. The molecule has 110 valence electrons. The van der Waals surface area contributed by atoms with Crippen molar-refractivity contribution < 1.29 is 0 Å². The van der Waals surface area contributed by atoms with Crippen LogP contribution < -0.4 is 10.2 Å². The van der Waals surface area contributed by atoms with Gasteiger partial charge in [0.2, 0.25) is 0 Å². The van der Waals surface area contributed by atoms with Crippen LogP contribution in [0.5, 0.6) is 0 Å². The second-order valence-corrected chi connectivity index (χ2v) is 6.37. The first-order valence-corrected chi connectivity index (χ1v) is 8.08. The molecule has 0 bridgehead atoms. The zero-order valence-corrected chi connectivity index (χ0v) is 13.0. The number of hydrogen-bond donors (Lipinski definition) is 1. The second-order valence-electron chi connectivity index (χ2n) is 5.93. The van der Waals surface area contributed by atoms with Crippen LogP contribution in [-0.4, -0.2) is 44.2 Å². The lowest BCUT2D eigenvalue weighted by Crippen LogP contribution is -2.35. The summed E-state index contributed by atoms with van der Waals surface area (Å²) in [7, 11) is 2.00. The lowest BCUT2D eigenvalue weighted by molar-refractivity contribution is 0.260. The Morgan fingerprint density at radius 3 is 2.80 bits per heavy atom. The summed E-state index contributed by atoms with van der Waals surface area (Å²) in [6.07, 6.45) is 4.03. The number of rotatable bonds is 4. The number of nitrogens with one attached hydrogen (secondary N) is 1. The Kier molecular flexibility index (Phi) is 4.49. The van der Waals surface area contributed by atoms with Crippen LogP contribution in [0.2, 0.25) is 5.02 Å². The molecule has 0 radical (unpaired) electrons. The summed E-state index contributed by atoms with van der Waals surface area (Å²) in [6.45, 7) is 5.78. The Labute approximate surface area is 126 Å². The zero-order valence-electron chi connectivity index (χ0n) is 12.2. The highest BCUT2D eigenvalue weighted by Gasteiger charge is 2.30. The van der Waals surface area contributed by atoms with Gasteiger partial charge in [0.05, 0.1) is 0 Å². The average Bonchev–Trinajstić information content (AvgIpc) is 3.11. The molecule has 4 heteroatoms. The van der Waals surface area contributed by atoms with Crippen molar-refractivity contribution in [3.8, 4) is 0 Å². The molecule has 0 amide bonds. The SMILES string of the molecule is CNCc1ccc(Cl)cc1N1CCC(N2CCCC2)C1. The van der Waals surface area contributed by atoms with Crippen molar-refractivity contribution in [1.29, 1.82) is 0 Å². The van der Waals surface area contributed by atoms with Gasteiger partial charge in [0.1, 0.15) is 0 Å². The van der Waals surface area contributed by atoms with Gasteiger partial charge < -0.3 is 10.2 Å². The first kappa shape index (κ1) is 14.2. The van der Waals surface area contributed by atoms with E-state index in [1.54, 1.807) is 0 Å². The van der Waals surface area contributed by atoms with Crippen LogP contribution in [0.3, 0.4) is 0 Å². The Morgan fingerprint density at radius 1 is 1.25 bits per heavy atom. The smallest absolute Gasteiger partial charge is 0.0427 e. The molecule has 1 atom stereocenters. The van der Waals surface area contributed by atoms with E-state index in [4.69, 9.17) is 11.6 Å². The minimum absolute atomic E-state index is 0.735. The quantitative estimate of drug-likeness (QED) is 0.921. The van der Waals surface area contributed by atoms with Crippen molar-refractivity contribution >= 4 is 17.3 Å². The average molecular weight is 294 g/mol. The van der Waals surface area contributed by atoms with Crippen LogP contribution in [0, 0.1) is 0 Å². The summed E-state index contributed by atoms with van der Waals surface area (Å²) in [4.78, 5) is 5.18. The number of halogens is 1. The van der Waals surface area contributed by atoms with Gasteiger partial charge in [-0.1, -0.05) is 17.7 Å². The van der Waals surface area contributed by atoms with E-state index in [0.29, 0.717) is 0 Å². The molecule has 2 saturated heterocycles. The van der Waals surface area contributed by atoms with E-state index in [-0.39, 0.29) is 0 Å². The van der Waals surface area contributed by atoms with Crippen LogP contribution in [0.25, 0.3) is 0 Å². The molecule has 2 heterocycles. The standard InChI is InChI=1S/C16H24ClN3/c1-18-11-13-4-5-14(17)10-16(13)20-9-6-15(12-20)19-7-2-3-8-19/h4-5,10,15,18H,2-3,6-9,11-12H2,1H3. The van der Waals surface area contributed by atoms with Gasteiger partial charge in [0.25, 0.3) is 0 Å². The lowest BCUT2D eigenvalue weighted by Gasteiger charge is -2.26. The van der Waals surface area contributed by atoms with E-state index in [1.165, 1.54) is 43.6 Å².